The second-order valence-electron chi connectivity index (χ2n) is 8.09. The van der Waals surface area contributed by atoms with Crippen LogP contribution in [0.3, 0.4) is 0 Å². The first-order valence-electron chi connectivity index (χ1n) is 10.8. The topological polar surface area (TPSA) is 35.6 Å². The summed E-state index contributed by atoms with van der Waals surface area (Å²) in [6.45, 7) is 0. The van der Waals surface area contributed by atoms with Crippen LogP contribution in [0.15, 0.2) is 108 Å². The molecule has 33 heavy (non-hydrogen) atoms. The molecule has 0 bridgehead atoms. The van der Waals surface area contributed by atoms with Crippen molar-refractivity contribution in [2.75, 3.05) is 0 Å². The molecule has 0 aliphatic heterocycles. The molecule has 7 aromatic rings. The Morgan fingerprint density at radius 3 is 1.64 bits per heavy atom. The third kappa shape index (κ3) is 2.63. The van der Waals surface area contributed by atoms with Gasteiger partial charge in [0.25, 0.3) is 0 Å². The molecule has 0 atom stereocenters. The minimum absolute atomic E-state index is 0.937. The standard InChI is InChI=1S/C28H17BrN4/c29-18-13-14-25(32-23-11-3-1-7-19(23)21-9-5-15-30-27(21)32)26(17-18)33-24-12-4-2-8-20(24)22-10-6-16-31-28(22)33/h1-17H. The number of pyridine rings is 2. The van der Waals surface area contributed by atoms with E-state index >= 15 is 0 Å². The fourth-order valence-corrected chi connectivity index (χ4v) is 5.29. The van der Waals surface area contributed by atoms with E-state index in [0.717, 1.165) is 48.9 Å². The number of rotatable bonds is 2. The lowest BCUT2D eigenvalue weighted by Crippen LogP contribution is -2.04. The SMILES string of the molecule is Brc1ccc(-n2c3ccccc3c3cccnc32)c(-n2c3ccccc3c3cccnc32)c1. The highest BCUT2D eigenvalue weighted by Crippen LogP contribution is 2.37. The van der Waals surface area contributed by atoms with Crippen LogP contribution >= 0.6 is 15.9 Å². The van der Waals surface area contributed by atoms with Gasteiger partial charge in [-0.2, -0.15) is 0 Å². The van der Waals surface area contributed by atoms with Gasteiger partial charge < -0.3 is 0 Å². The highest BCUT2D eigenvalue weighted by Gasteiger charge is 2.20. The Hall–Kier alpha value is -3.96. The predicted octanol–water partition coefficient (Wildman–Crippen LogP) is 7.43. The van der Waals surface area contributed by atoms with E-state index < -0.39 is 0 Å². The minimum Gasteiger partial charge on any atom is -0.292 e. The van der Waals surface area contributed by atoms with Crippen molar-refractivity contribution in [1.29, 1.82) is 0 Å². The van der Waals surface area contributed by atoms with Gasteiger partial charge in [0.05, 0.1) is 22.4 Å². The van der Waals surface area contributed by atoms with E-state index in [0.29, 0.717) is 0 Å². The summed E-state index contributed by atoms with van der Waals surface area (Å²) < 4.78 is 5.53. The Morgan fingerprint density at radius 2 is 1.03 bits per heavy atom. The van der Waals surface area contributed by atoms with Crippen LogP contribution in [0.2, 0.25) is 0 Å². The van der Waals surface area contributed by atoms with Crippen molar-refractivity contribution >= 4 is 59.8 Å². The summed E-state index contributed by atoms with van der Waals surface area (Å²) in [5.41, 5.74) is 6.23. The summed E-state index contributed by atoms with van der Waals surface area (Å²) in [5.74, 6) is 0. The van der Waals surface area contributed by atoms with Crippen molar-refractivity contribution in [1.82, 2.24) is 19.1 Å². The van der Waals surface area contributed by atoms with Crippen molar-refractivity contribution in [2.24, 2.45) is 0 Å². The van der Waals surface area contributed by atoms with E-state index in [1.165, 1.54) is 10.8 Å². The third-order valence-electron chi connectivity index (χ3n) is 6.29. The van der Waals surface area contributed by atoms with Crippen molar-refractivity contribution < 1.29 is 0 Å². The molecule has 0 saturated carbocycles. The number of halogens is 1. The quantitative estimate of drug-likeness (QED) is 0.253. The Labute approximate surface area is 197 Å². The van der Waals surface area contributed by atoms with Gasteiger partial charge in [0, 0.05) is 38.4 Å². The number of hydrogen-bond acceptors (Lipinski definition) is 2. The molecule has 0 N–H and O–H groups in total. The lowest BCUT2D eigenvalue weighted by molar-refractivity contribution is 1.06. The molecule has 4 heterocycles. The zero-order chi connectivity index (χ0) is 21.9. The summed E-state index contributed by atoms with van der Waals surface area (Å²) in [7, 11) is 0. The van der Waals surface area contributed by atoms with Crippen LogP contribution in [0.1, 0.15) is 0 Å². The lowest BCUT2D eigenvalue weighted by atomic mass is 10.2. The molecule has 0 radical (unpaired) electrons. The number of aromatic nitrogens is 4. The fourth-order valence-electron chi connectivity index (χ4n) is 4.94. The molecule has 0 saturated heterocycles. The maximum atomic E-state index is 4.79. The number of para-hydroxylation sites is 2. The number of fused-ring (bicyclic) bond motifs is 6. The molecule has 156 valence electrons. The molecule has 0 aliphatic rings. The fraction of sp³-hybridized carbons (Fsp3) is 0. The first-order valence-corrected chi connectivity index (χ1v) is 11.6. The molecular weight excluding hydrogens is 472 g/mol. The molecule has 0 fully saturated rings. The Morgan fingerprint density at radius 1 is 0.515 bits per heavy atom. The summed E-state index contributed by atoms with van der Waals surface area (Å²) in [6.07, 6.45) is 3.72. The van der Waals surface area contributed by atoms with Crippen LogP contribution < -0.4 is 0 Å². The van der Waals surface area contributed by atoms with Crippen LogP contribution in [0.4, 0.5) is 0 Å². The number of benzene rings is 3. The number of nitrogens with zero attached hydrogens (tertiary/aromatic N) is 4. The largest absolute Gasteiger partial charge is 0.292 e. The van der Waals surface area contributed by atoms with Gasteiger partial charge in [0.2, 0.25) is 0 Å². The van der Waals surface area contributed by atoms with Crippen LogP contribution in [0.5, 0.6) is 0 Å². The Balaban J connectivity index is 1.67. The second kappa shape index (κ2) is 7.02. The van der Waals surface area contributed by atoms with Crippen LogP contribution in [0.25, 0.3) is 55.2 Å². The average Bonchev–Trinajstić information content (AvgIpc) is 3.37. The van der Waals surface area contributed by atoms with Gasteiger partial charge in [-0.15, -0.1) is 0 Å². The molecule has 3 aromatic carbocycles. The van der Waals surface area contributed by atoms with Gasteiger partial charge in [-0.25, -0.2) is 9.97 Å². The van der Waals surface area contributed by atoms with Gasteiger partial charge in [-0.3, -0.25) is 9.13 Å². The molecule has 5 heteroatoms. The molecule has 4 aromatic heterocycles. The summed E-state index contributed by atoms with van der Waals surface area (Å²) in [4.78, 5) is 9.58. The average molecular weight is 489 g/mol. The van der Waals surface area contributed by atoms with Crippen LogP contribution in [-0.2, 0) is 0 Å². The number of hydrogen-bond donors (Lipinski definition) is 0. The van der Waals surface area contributed by atoms with Gasteiger partial charge in [-0.1, -0.05) is 52.3 Å². The smallest absolute Gasteiger partial charge is 0.145 e. The van der Waals surface area contributed by atoms with E-state index in [4.69, 9.17) is 9.97 Å². The maximum absolute atomic E-state index is 4.79. The van der Waals surface area contributed by atoms with Gasteiger partial charge in [0.15, 0.2) is 0 Å². The Kier molecular flexibility index (Phi) is 3.96. The highest BCUT2D eigenvalue weighted by molar-refractivity contribution is 9.10. The molecular formula is C28H17BrN4. The molecule has 0 amide bonds. The first-order chi connectivity index (χ1) is 16.3. The summed E-state index contributed by atoms with van der Waals surface area (Å²) in [6, 6.07) is 31.7. The normalized spacial score (nSPS) is 11.8. The van der Waals surface area contributed by atoms with Crippen molar-refractivity contribution in [3.8, 4) is 11.4 Å². The first kappa shape index (κ1) is 18.6. The third-order valence-corrected chi connectivity index (χ3v) is 6.78. The van der Waals surface area contributed by atoms with E-state index in [1.54, 1.807) is 0 Å². The Bertz CT molecular complexity index is 1740. The van der Waals surface area contributed by atoms with Crippen molar-refractivity contribution in [3.05, 3.63) is 108 Å². The van der Waals surface area contributed by atoms with Crippen molar-refractivity contribution in [3.63, 3.8) is 0 Å². The summed E-state index contributed by atoms with van der Waals surface area (Å²) >= 11 is 3.71. The van der Waals surface area contributed by atoms with Crippen molar-refractivity contribution in [2.45, 2.75) is 0 Å². The zero-order valence-electron chi connectivity index (χ0n) is 17.5. The molecule has 0 unspecified atom stereocenters. The van der Waals surface area contributed by atoms with E-state index in [-0.39, 0.29) is 0 Å². The molecule has 0 aliphatic carbocycles. The van der Waals surface area contributed by atoms with Gasteiger partial charge >= 0.3 is 0 Å². The monoisotopic (exact) mass is 488 g/mol. The minimum atomic E-state index is 0.937. The molecule has 0 spiro atoms. The van der Waals surface area contributed by atoms with E-state index in [1.807, 2.05) is 24.5 Å². The van der Waals surface area contributed by atoms with Crippen LogP contribution in [0, 0.1) is 0 Å². The predicted molar refractivity (Wildman–Crippen MR) is 138 cm³/mol. The zero-order valence-corrected chi connectivity index (χ0v) is 19.1. The van der Waals surface area contributed by atoms with Gasteiger partial charge in [-0.05, 0) is 54.6 Å². The van der Waals surface area contributed by atoms with Crippen LogP contribution in [-0.4, -0.2) is 19.1 Å². The molecule has 4 nitrogen and oxygen atoms in total. The summed E-state index contributed by atoms with van der Waals surface area (Å²) in [5, 5.41) is 4.66. The van der Waals surface area contributed by atoms with E-state index in [2.05, 4.69) is 104 Å². The second-order valence-corrected chi connectivity index (χ2v) is 9.00. The van der Waals surface area contributed by atoms with Gasteiger partial charge in [0.1, 0.15) is 11.3 Å². The highest BCUT2D eigenvalue weighted by atomic mass is 79.9. The maximum Gasteiger partial charge on any atom is 0.145 e. The molecule has 7 rings (SSSR count). The lowest BCUT2D eigenvalue weighted by Gasteiger charge is -2.16. The van der Waals surface area contributed by atoms with E-state index in [9.17, 15) is 0 Å².